The summed E-state index contributed by atoms with van der Waals surface area (Å²) in [4.78, 5) is 0. The molecule has 0 heterocycles. The Balaban J connectivity index is 3.90. The lowest BCUT2D eigenvalue weighted by Gasteiger charge is -2.12. The maximum atomic E-state index is 5.35. The number of allylic oxidation sites excluding steroid dienone is 3. The lowest BCUT2D eigenvalue weighted by molar-refractivity contribution is 0.523. The number of rotatable bonds is 9. The molecule has 0 aromatic rings. The molecular formula is C13H27N3. The molecule has 1 unspecified atom stereocenters. The largest absolute Gasteiger partial charge is 0.318 e. The minimum Gasteiger partial charge on any atom is -0.318 e. The van der Waals surface area contributed by atoms with Gasteiger partial charge in [0.15, 0.2) is 0 Å². The number of nitrogens with two attached hydrogens (primary N) is 1. The van der Waals surface area contributed by atoms with E-state index in [9.17, 15) is 0 Å². The van der Waals surface area contributed by atoms with Crippen LogP contribution in [0.4, 0.5) is 0 Å². The van der Waals surface area contributed by atoms with Crippen LogP contribution in [0.2, 0.25) is 0 Å². The van der Waals surface area contributed by atoms with Gasteiger partial charge in [0.25, 0.3) is 0 Å². The van der Waals surface area contributed by atoms with Crippen molar-refractivity contribution in [1.82, 2.24) is 10.6 Å². The Morgan fingerprint density at radius 2 is 1.94 bits per heavy atom. The van der Waals surface area contributed by atoms with Crippen molar-refractivity contribution in [3.05, 3.63) is 24.3 Å². The second kappa shape index (κ2) is 10.9. The number of nitrogens with one attached hydrogen (secondary N) is 2. The second-order valence-corrected chi connectivity index (χ2v) is 4.28. The van der Waals surface area contributed by atoms with E-state index in [1.54, 1.807) is 0 Å². The molecule has 3 heteroatoms. The van der Waals surface area contributed by atoms with E-state index in [1.807, 2.05) is 0 Å². The van der Waals surface area contributed by atoms with Crippen molar-refractivity contribution >= 4 is 0 Å². The minimum atomic E-state index is 0.522. The predicted octanol–water partition coefficient (Wildman–Crippen LogP) is 1.83. The molecule has 0 saturated heterocycles. The van der Waals surface area contributed by atoms with Crippen LogP contribution < -0.4 is 16.4 Å². The van der Waals surface area contributed by atoms with Gasteiger partial charge in [0.2, 0.25) is 0 Å². The van der Waals surface area contributed by atoms with Crippen molar-refractivity contribution in [3.63, 3.8) is 0 Å². The Hall–Kier alpha value is -0.640. The fraction of sp³-hybridized carbons (Fsp3) is 0.692. The third-order valence-corrected chi connectivity index (χ3v) is 2.24. The minimum absolute atomic E-state index is 0.522. The Bertz CT molecular complexity index is 197. The summed E-state index contributed by atoms with van der Waals surface area (Å²) in [6, 6.07) is 0. The normalized spacial score (nSPS) is 14.3. The van der Waals surface area contributed by atoms with Gasteiger partial charge in [-0.3, -0.25) is 5.32 Å². The van der Waals surface area contributed by atoms with Gasteiger partial charge in [0, 0.05) is 19.9 Å². The van der Waals surface area contributed by atoms with Crippen molar-refractivity contribution in [3.8, 4) is 0 Å². The van der Waals surface area contributed by atoms with Gasteiger partial charge >= 0.3 is 0 Å². The van der Waals surface area contributed by atoms with E-state index in [4.69, 9.17) is 5.73 Å². The molecular weight excluding hydrogens is 198 g/mol. The molecule has 0 aliphatic rings. The molecule has 94 valence electrons. The summed E-state index contributed by atoms with van der Waals surface area (Å²) >= 11 is 0. The Labute approximate surface area is 100 Å². The molecule has 0 bridgehead atoms. The van der Waals surface area contributed by atoms with Gasteiger partial charge in [-0.15, -0.1) is 0 Å². The van der Waals surface area contributed by atoms with E-state index in [2.05, 4.69) is 55.7 Å². The highest BCUT2D eigenvalue weighted by molar-refractivity contribution is 4.95. The van der Waals surface area contributed by atoms with Crippen LogP contribution >= 0.6 is 0 Å². The van der Waals surface area contributed by atoms with Crippen molar-refractivity contribution in [2.24, 2.45) is 17.6 Å². The topological polar surface area (TPSA) is 50.1 Å². The molecule has 0 aromatic heterocycles. The Morgan fingerprint density at radius 3 is 2.50 bits per heavy atom. The van der Waals surface area contributed by atoms with Crippen LogP contribution in [0.5, 0.6) is 0 Å². The molecule has 0 fully saturated rings. The highest BCUT2D eigenvalue weighted by atomic mass is 15.1. The van der Waals surface area contributed by atoms with Gasteiger partial charge in [-0.25, -0.2) is 0 Å². The quantitative estimate of drug-likeness (QED) is 0.319. The molecule has 0 spiro atoms. The number of hydrogen-bond donors (Lipinski definition) is 3. The standard InChI is InChI=1S/C13H27N3/c1-4-5-6-13(8-7-12(2)3)9-15-11-16-10-14/h4-5,7-8,12-13,15-16H,6,9-11,14H2,1-3H3/b5-4-,8-7+. The van der Waals surface area contributed by atoms with Crippen LogP contribution in [0, 0.1) is 11.8 Å². The second-order valence-electron chi connectivity index (χ2n) is 4.28. The van der Waals surface area contributed by atoms with E-state index >= 15 is 0 Å². The van der Waals surface area contributed by atoms with Crippen molar-refractivity contribution in [1.29, 1.82) is 0 Å². The lowest BCUT2D eigenvalue weighted by Crippen LogP contribution is -2.35. The van der Waals surface area contributed by atoms with E-state index in [1.165, 1.54) is 0 Å². The fourth-order valence-corrected chi connectivity index (χ4v) is 1.34. The van der Waals surface area contributed by atoms with Gasteiger partial charge in [-0.1, -0.05) is 38.2 Å². The summed E-state index contributed by atoms with van der Waals surface area (Å²) in [6.45, 7) is 8.75. The predicted molar refractivity (Wildman–Crippen MR) is 72.0 cm³/mol. The van der Waals surface area contributed by atoms with Crippen molar-refractivity contribution < 1.29 is 0 Å². The Morgan fingerprint density at radius 1 is 1.19 bits per heavy atom. The van der Waals surface area contributed by atoms with Gasteiger partial charge in [-0.2, -0.15) is 0 Å². The van der Waals surface area contributed by atoms with Crippen molar-refractivity contribution in [2.75, 3.05) is 19.9 Å². The number of hydrogen-bond acceptors (Lipinski definition) is 3. The average molecular weight is 225 g/mol. The summed E-state index contributed by atoms with van der Waals surface area (Å²) < 4.78 is 0. The molecule has 1 atom stereocenters. The van der Waals surface area contributed by atoms with E-state index in [-0.39, 0.29) is 0 Å². The molecule has 0 radical (unpaired) electrons. The third kappa shape index (κ3) is 9.90. The zero-order chi connectivity index (χ0) is 12.2. The first-order chi connectivity index (χ1) is 7.70. The summed E-state index contributed by atoms with van der Waals surface area (Å²) in [6.07, 6.45) is 9.99. The molecule has 4 N–H and O–H groups in total. The van der Waals surface area contributed by atoms with E-state index < -0.39 is 0 Å². The zero-order valence-electron chi connectivity index (χ0n) is 10.9. The molecule has 0 aliphatic carbocycles. The van der Waals surface area contributed by atoms with Crippen LogP contribution in [0.3, 0.4) is 0 Å². The summed E-state index contributed by atoms with van der Waals surface area (Å²) in [5.41, 5.74) is 5.35. The van der Waals surface area contributed by atoms with E-state index in [0.717, 1.165) is 19.6 Å². The third-order valence-electron chi connectivity index (χ3n) is 2.24. The molecule has 3 nitrogen and oxygen atoms in total. The molecule has 0 aromatic carbocycles. The maximum Gasteiger partial charge on any atom is 0.0464 e. The zero-order valence-corrected chi connectivity index (χ0v) is 10.9. The van der Waals surface area contributed by atoms with Crippen LogP contribution in [0.25, 0.3) is 0 Å². The SMILES string of the molecule is C/C=C\CC(/C=C/C(C)C)CNCNCN. The molecule has 16 heavy (non-hydrogen) atoms. The average Bonchev–Trinajstić information content (AvgIpc) is 2.26. The first kappa shape index (κ1) is 15.4. The fourth-order valence-electron chi connectivity index (χ4n) is 1.34. The van der Waals surface area contributed by atoms with Crippen LogP contribution in [-0.4, -0.2) is 19.9 Å². The smallest absolute Gasteiger partial charge is 0.0464 e. The molecule has 0 saturated carbocycles. The van der Waals surface area contributed by atoms with E-state index in [0.29, 0.717) is 18.5 Å². The van der Waals surface area contributed by atoms with Crippen molar-refractivity contribution in [2.45, 2.75) is 27.2 Å². The Kier molecular flexibility index (Phi) is 10.4. The molecule has 0 amide bonds. The summed E-state index contributed by atoms with van der Waals surface area (Å²) in [5.74, 6) is 1.19. The van der Waals surface area contributed by atoms with Gasteiger partial charge in [-0.05, 0) is 25.2 Å². The summed E-state index contributed by atoms with van der Waals surface area (Å²) in [5, 5.41) is 6.39. The first-order valence-corrected chi connectivity index (χ1v) is 6.11. The highest BCUT2D eigenvalue weighted by Crippen LogP contribution is 2.07. The van der Waals surface area contributed by atoms with Gasteiger partial charge < -0.3 is 11.1 Å². The van der Waals surface area contributed by atoms with Gasteiger partial charge in [0.1, 0.15) is 0 Å². The van der Waals surface area contributed by atoms with Gasteiger partial charge in [0.05, 0.1) is 0 Å². The first-order valence-electron chi connectivity index (χ1n) is 6.11. The van der Waals surface area contributed by atoms with Crippen LogP contribution in [0.15, 0.2) is 24.3 Å². The molecule has 0 rings (SSSR count). The van der Waals surface area contributed by atoms with Crippen LogP contribution in [-0.2, 0) is 0 Å². The lowest BCUT2D eigenvalue weighted by atomic mass is 10.0. The highest BCUT2D eigenvalue weighted by Gasteiger charge is 2.01. The monoisotopic (exact) mass is 225 g/mol. The summed E-state index contributed by atoms with van der Waals surface area (Å²) in [7, 11) is 0. The van der Waals surface area contributed by atoms with Crippen LogP contribution in [0.1, 0.15) is 27.2 Å². The maximum absolute atomic E-state index is 5.35. The molecule has 0 aliphatic heterocycles.